The van der Waals surface area contributed by atoms with Crippen molar-refractivity contribution in [1.29, 1.82) is 0 Å². The van der Waals surface area contributed by atoms with Gasteiger partial charge in [-0.15, -0.1) is 0 Å². The van der Waals surface area contributed by atoms with Gasteiger partial charge in [-0.25, -0.2) is 59.5 Å². The van der Waals surface area contributed by atoms with Crippen molar-refractivity contribution in [2.75, 3.05) is 92.4 Å². The first-order valence-corrected chi connectivity index (χ1v) is 53.0. The van der Waals surface area contributed by atoms with Crippen LogP contribution in [-0.4, -0.2) is 258 Å². The summed E-state index contributed by atoms with van der Waals surface area (Å²) in [7, 11) is -32.1. The Morgan fingerprint density at radius 2 is 0.610 bits per heavy atom. The Morgan fingerprint density at radius 3 is 0.881 bits per heavy atom. The first-order chi connectivity index (χ1) is 53.7. The van der Waals surface area contributed by atoms with Gasteiger partial charge in [-0.2, -0.15) is 52.7 Å². The molecule has 2 saturated heterocycles. The lowest BCUT2D eigenvalue weighted by atomic mass is 9.98. The zero-order valence-corrected chi connectivity index (χ0v) is 73.2. The maximum Gasteiger partial charge on any atom is 0.483 e. The van der Waals surface area contributed by atoms with Gasteiger partial charge in [0.1, 0.15) is 59.1 Å². The summed E-state index contributed by atoms with van der Waals surface area (Å²) < 4.78 is 379. The van der Waals surface area contributed by atoms with Gasteiger partial charge in [0.15, 0.2) is 0 Å². The smallest absolute Gasteiger partial charge is 0.460 e. The lowest BCUT2D eigenvalue weighted by molar-refractivity contribution is -0.434. The number of hydrogen-bond acceptors (Lipinski definition) is 29. The van der Waals surface area contributed by atoms with Crippen molar-refractivity contribution in [3.63, 3.8) is 0 Å². The Hall–Kier alpha value is -5.50. The van der Waals surface area contributed by atoms with Crippen LogP contribution in [0.25, 0.3) is 0 Å². The number of carbonyl (C=O) groups is 7. The molecule has 2 aliphatic heterocycles. The molecule has 2 fully saturated rings. The second-order valence-corrected chi connectivity index (χ2v) is 50.0. The second-order valence-electron chi connectivity index (χ2n) is 25.8. The summed E-state index contributed by atoms with van der Waals surface area (Å²) in [6.45, 7) is 24.0. The minimum atomic E-state index is -6.50. The first-order valence-electron chi connectivity index (χ1n) is 34.6. The monoisotopic (exact) mass is 1890 g/mol. The highest BCUT2D eigenvalue weighted by molar-refractivity contribution is 6.90. The molecule has 30 nitrogen and oxygen atoms in total. The highest BCUT2D eigenvalue weighted by Crippen LogP contribution is 2.47. The molecule has 0 spiro atoms. The fourth-order valence-corrected chi connectivity index (χ4v) is 46.6. The molecule has 0 radical (unpaired) electrons. The predicted octanol–water partition coefficient (Wildman–Crippen LogP) is 12.0. The Kier molecular flexibility index (Phi) is 43.9. The number of halogens is 19. The van der Waals surface area contributed by atoms with Crippen molar-refractivity contribution in [3.8, 4) is 0 Å². The van der Waals surface area contributed by atoms with E-state index in [0.717, 1.165) is 36.5 Å². The second kappa shape index (κ2) is 46.8. The maximum absolute atomic E-state index is 15.2. The van der Waals surface area contributed by atoms with Gasteiger partial charge >= 0.3 is 136 Å². The molecule has 2 rings (SSSR count). The summed E-state index contributed by atoms with van der Waals surface area (Å²) in [4.78, 5) is 82.0. The lowest BCUT2D eigenvalue weighted by Crippen LogP contribution is -2.70. The molecule has 1 amide bonds. The fourth-order valence-electron chi connectivity index (χ4n) is 10.0. The first kappa shape index (κ1) is 111. The van der Waals surface area contributed by atoms with Crippen LogP contribution < -0.4 is 5.32 Å². The fraction of sp³-hybridized carbons (Fsp3) is 0.689. The molecule has 2 heterocycles. The lowest BCUT2D eigenvalue weighted by Gasteiger charge is -2.47. The van der Waals surface area contributed by atoms with E-state index in [9.17, 15) is 113 Å². The molecular formula is C61H94F19NO29Si8. The van der Waals surface area contributed by atoms with Gasteiger partial charge in [0.2, 0.25) is 0 Å². The van der Waals surface area contributed by atoms with Gasteiger partial charge in [-0.1, -0.05) is 45.9 Å². The maximum atomic E-state index is 15.2. The molecule has 1 N–H and O–H groups in total. The SMILES string of the molecule is C=CC(=O)OCCO[Si]1(C)O[Si](C)(CCCCC(F)(F)CC(F)(F)CC(F)(F)CC(F)(F)F)O[Si](C)(OCCOC(=O)C=C)O[Si](C)(OCCOC(=O)C=C)O1.C=CC(=O)OCCO[Si]1(C)O[Si](C)(CCCNC(=O)C(C)(F)OCC(F)(OC(F)(F)CC(F)(F)F)C(F)(F)F)O[Si@@](C)(OCCOC(=O)C=C)O[Si](C)(OCCOC(=O)C=C)O1. The molecule has 0 saturated carbocycles. The molecule has 57 heteroatoms. The molecule has 118 heavy (non-hydrogen) atoms. The van der Waals surface area contributed by atoms with Crippen molar-refractivity contribution < 1.29 is 214 Å². The molecule has 0 aliphatic carbocycles. The van der Waals surface area contributed by atoms with Crippen LogP contribution in [0.15, 0.2) is 75.9 Å². The van der Waals surface area contributed by atoms with Gasteiger partial charge in [0.25, 0.3) is 29.5 Å². The highest BCUT2D eigenvalue weighted by atomic mass is 28.6. The van der Waals surface area contributed by atoms with E-state index in [2.05, 4.69) is 48.9 Å². The van der Waals surface area contributed by atoms with Crippen LogP contribution in [0.2, 0.25) is 64.5 Å². The number of hydrogen-bond donors (Lipinski definition) is 1. The molecule has 2 aliphatic rings. The minimum absolute atomic E-state index is 0.159. The molecule has 8 atom stereocenters. The van der Waals surface area contributed by atoms with Gasteiger partial charge in [-0.3, -0.25) is 9.53 Å². The van der Waals surface area contributed by atoms with E-state index < -0.39 is 217 Å². The standard InChI is InChI=1S/C31H47F10NO16Si4.C30H47F9O13Si4/c1-9-23(43)47-14-17-51-60(6)55-59(5,56-61(7,52-18-15-48-24(44)10-2)58-62(8,57-60)53-19-16-49-25(45)11-3)20-12-13-42-26(46)27(4,32)50-22-28(33,31(39,40)41)54-30(37,38)21-29(34,35)36;1-8-24(40)43-14-17-46-54(5)49-53(4,20-12-11-13-27(31,32)21-28(33,34)22-29(35,36)23-30(37,38)39)50-55(6,47-18-15-44-25(41)9-2)52-56(7,51-54)48-19-16-45-26(42)10-3/h9-11H,1-3,12-22H2,4-8H3,(H,42,46);8-10H,1-3,11-23H2,4-7H3/t27?,28?,59?,60-,61?,62?;/m1./s1. The molecule has 0 aromatic rings. The average Bonchev–Trinajstić information content (AvgIpc) is 0.758. The number of esters is 6. The van der Waals surface area contributed by atoms with Gasteiger partial charge in [-0.05, 0) is 38.0 Å². The number of carbonyl (C=O) groups excluding carboxylic acids is 7. The number of nitrogens with one attached hydrogen (secondary N) is 1. The molecule has 7 unspecified atom stereocenters. The van der Waals surface area contributed by atoms with E-state index in [0.29, 0.717) is 0 Å². The van der Waals surface area contributed by atoms with E-state index >= 15 is 4.39 Å². The average molecular weight is 1890 g/mol. The normalized spacial score (nSPS) is 25.3. The van der Waals surface area contributed by atoms with Crippen LogP contribution in [0, 0.1) is 0 Å². The Labute approximate surface area is 674 Å². The summed E-state index contributed by atoms with van der Waals surface area (Å²) >= 11 is 0. The summed E-state index contributed by atoms with van der Waals surface area (Å²) in [6, 6.07) is -0.375. The molecule has 682 valence electrons. The summed E-state index contributed by atoms with van der Waals surface area (Å²) in [5, 5.41) is 1.93. The van der Waals surface area contributed by atoms with Crippen molar-refractivity contribution in [2.24, 2.45) is 0 Å². The zero-order valence-electron chi connectivity index (χ0n) is 65.2. The zero-order chi connectivity index (χ0) is 91.0. The van der Waals surface area contributed by atoms with Gasteiger partial charge in [0, 0.05) is 95.6 Å². The molecule has 0 aromatic carbocycles. The number of amides is 1. The molecular weight excluding hydrogens is 1800 g/mol. The van der Waals surface area contributed by atoms with Gasteiger partial charge in [0.05, 0.1) is 52.5 Å². The topological polar surface area (TPSA) is 335 Å². The third-order valence-electron chi connectivity index (χ3n) is 14.3. The summed E-state index contributed by atoms with van der Waals surface area (Å²) in [5.74, 6) is -30.2. The van der Waals surface area contributed by atoms with Crippen LogP contribution in [0.3, 0.4) is 0 Å². The van der Waals surface area contributed by atoms with E-state index in [4.69, 9.17) is 87.9 Å². The Balaban J connectivity index is 0.00000119. The summed E-state index contributed by atoms with van der Waals surface area (Å²) in [5.41, 5.74) is 0. The predicted molar refractivity (Wildman–Crippen MR) is 382 cm³/mol. The Bertz CT molecular complexity index is 3240. The van der Waals surface area contributed by atoms with E-state index in [1.165, 1.54) is 52.4 Å². The Morgan fingerprint density at radius 1 is 0.347 bits per heavy atom. The van der Waals surface area contributed by atoms with E-state index in [-0.39, 0.29) is 111 Å². The summed E-state index contributed by atoms with van der Waals surface area (Å²) in [6.07, 6.45) is -31.8. The van der Waals surface area contributed by atoms with Crippen LogP contribution in [-0.2, 0) is 131 Å². The molecule has 0 aromatic heterocycles. The largest absolute Gasteiger partial charge is 0.483 e. The van der Waals surface area contributed by atoms with Crippen molar-refractivity contribution in [2.45, 2.75) is 177 Å². The number of rotatable bonds is 51. The molecule has 0 bridgehead atoms. The van der Waals surface area contributed by atoms with Crippen LogP contribution in [0.4, 0.5) is 83.4 Å². The van der Waals surface area contributed by atoms with Crippen molar-refractivity contribution in [3.05, 3.63) is 75.9 Å². The van der Waals surface area contributed by atoms with Gasteiger partial charge < -0.3 is 98.0 Å². The minimum Gasteiger partial charge on any atom is -0.460 e. The number of unbranched alkanes of at least 4 members (excludes halogenated alkanes) is 1. The van der Waals surface area contributed by atoms with Crippen molar-refractivity contribution >= 4 is 112 Å². The quantitative estimate of drug-likeness (QED) is 0.0148. The van der Waals surface area contributed by atoms with Crippen LogP contribution in [0.1, 0.15) is 58.3 Å². The third-order valence-corrected chi connectivity index (χ3v) is 45.9. The highest BCUT2D eigenvalue weighted by Gasteiger charge is 2.67. The van der Waals surface area contributed by atoms with Crippen molar-refractivity contribution in [1.82, 2.24) is 5.32 Å². The van der Waals surface area contributed by atoms with E-state index in [1.807, 2.05) is 5.32 Å². The van der Waals surface area contributed by atoms with Crippen LogP contribution in [0.5, 0.6) is 0 Å². The van der Waals surface area contributed by atoms with E-state index in [1.54, 1.807) is 0 Å². The number of alkyl halides is 19. The number of ether oxygens (including phenoxy) is 8. The third kappa shape index (κ3) is 45.0. The van der Waals surface area contributed by atoms with Crippen LogP contribution >= 0.6 is 0 Å².